The highest BCUT2D eigenvalue weighted by Crippen LogP contribution is 2.25. The van der Waals surface area contributed by atoms with Gasteiger partial charge < -0.3 is 0 Å². The molecule has 0 radical (unpaired) electrons. The summed E-state index contributed by atoms with van der Waals surface area (Å²) in [5.74, 6) is 0. The predicted molar refractivity (Wildman–Crippen MR) is 70.9 cm³/mol. The van der Waals surface area contributed by atoms with E-state index in [1.54, 1.807) is 11.1 Å². The zero-order chi connectivity index (χ0) is 11.7. The third-order valence-corrected chi connectivity index (χ3v) is 3.81. The van der Waals surface area contributed by atoms with Gasteiger partial charge in [-0.15, -0.1) is 0 Å². The van der Waals surface area contributed by atoms with Gasteiger partial charge in [0.25, 0.3) is 0 Å². The number of benzene rings is 1. The van der Waals surface area contributed by atoms with Gasteiger partial charge in [0.05, 0.1) is 0 Å². The number of rotatable bonds is 2. The zero-order valence-electron chi connectivity index (χ0n) is 10.5. The molecule has 0 aromatic heterocycles. The molecular formula is C15H20N2. The molecule has 2 heterocycles. The summed E-state index contributed by atoms with van der Waals surface area (Å²) in [6, 6.07) is 10.8. The molecule has 3 rings (SSSR count). The molecule has 0 atom stereocenters. The molecule has 0 fully saturated rings. The molecule has 2 aliphatic rings. The molecule has 1 aromatic carbocycles. The van der Waals surface area contributed by atoms with Crippen LogP contribution in [0, 0.1) is 0 Å². The Morgan fingerprint density at radius 1 is 1.00 bits per heavy atom. The SMILES string of the molecule is CN1CC2=C(C1)CN(Cc1ccccc1)CC2. The van der Waals surface area contributed by atoms with Gasteiger partial charge in [-0.3, -0.25) is 9.80 Å². The zero-order valence-corrected chi connectivity index (χ0v) is 10.5. The Kier molecular flexibility index (Phi) is 3.00. The Labute approximate surface area is 104 Å². The number of likely N-dealkylation sites (N-methyl/N-ethyl adjacent to an activating group) is 1. The van der Waals surface area contributed by atoms with Crippen LogP contribution in [-0.2, 0) is 6.54 Å². The number of nitrogens with zero attached hydrogens (tertiary/aromatic N) is 2. The minimum atomic E-state index is 1.10. The molecule has 0 spiro atoms. The average molecular weight is 228 g/mol. The standard InChI is InChI=1S/C15H20N2/c1-16-10-14-7-8-17(12-15(14)11-16)9-13-5-3-2-4-6-13/h2-6H,7-12H2,1H3. The van der Waals surface area contributed by atoms with E-state index in [0.717, 1.165) is 6.54 Å². The maximum atomic E-state index is 2.58. The molecule has 0 saturated carbocycles. The van der Waals surface area contributed by atoms with Crippen molar-refractivity contribution < 1.29 is 0 Å². The van der Waals surface area contributed by atoms with E-state index >= 15 is 0 Å². The van der Waals surface area contributed by atoms with Crippen LogP contribution < -0.4 is 0 Å². The highest BCUT2D eigenvalue weighted by atomic mass is 15.2. The van der Waals surface area contributed by atoms with Crippen molar-refractivity contribution in [1.82, 2.24) is 9.80 Å². The summed E-state index contributed by atoms with van der Waals surface area (Å²) in [6.07, 6.45) is 1.27. The second-order valence-electron chi connectivity index (χ2n) is 5.33. The first-order valence-corrected chi connectivity index (χ1v) is 6.46. The van der Waals surface area contributed by atoms with Crippen LogP contribution in [0.5, 0.6) is 0 Å². The van der Waals surface area contributed by atoms with E-state index in [2.05, 4.69) is 47.2 Å². The lowest BCUT2D eigenvalue weighted by molar-refractivity contribution is 0.278. The molecule has 1 aromatic rings. The minimum Gasteiger partial charge on any atom is -0.298 e. The van der Waals surface area contributed by atoms with Crippen LogP contribution in [0.3, 0.4) is 0 Å². The van der Waals surface area contributed by atoms with Crippen molar-refractivity contribution >= 4 is 0 Å². The van der Waals surface area contributed by atoms with Gasteiger partial charge in [-0.05, 0) is 24.6 Å². The van der Waals surface area contributed by atoms with Gasteiger partial charge in [0, 0.05) is 32.7 Å². The first kappa shape index (κ1) is 11.0. The first-order chi connectivity index (χ1) is 8.31. The molecule has 17 heavy (non-hydrogen) atoms. The van der Waals surface area contributed by atoms with E-state index in [-0.39, 0.29) is 0 Å². The van der Waals surface area contributed by atoms with Gasteiger partial charge in [0.15, 0.2) is 0 Å². The summed E-state index contributed by atoms with van der Waals surface area (Å²) in [7, 11) is 2.22. The molecule has 0 N–H and O–H groups in total. The summed E-state index contributed by atoms with van der Waals surface area (Å²) < 4.78 is 0. The van der Waals surface area contributed by atoms with Gasteiger partial charge in [-0.2, -0.15) is 0 Å². The lowest BCUT2D eigenvalue weighted by Gasteiger charge is -2.28. The van der Waals surface area contributed by atoms with E-state index in [1.165, 1.54) is 38.2 Å². The predicted octanol–water partition coefficient (Wildman–Crippen LogP) is 2.13. The summed E-state index contributed by atoms with van der Waals surface area (Å²) in [4.78, 5) is 5.00. The topological polar surface area (TPSA) is 6.48 Å². The molecule has 0 amide bonds. The largest absolute Gasteiger partial charge is 0.298 e. The van der Waals surface area contributed by atoms with E-state index in [1.807, 2.05) is 0 Å². The summed E-state index contributed by atoms with van der Waals surface area (Å²) in [6.45, 7) is 5.88. The van der Waals surface area contributed by atoms with Crippen molar-refractivity contribution in [1.29, 1.82) is 0 Å². The summed E-state index contributed by atoms with van der Waals surface area (Å²) in [5, 5.41) is 0. The molecule has 0 unspecified atom stereocenters. The summed E-state index contributed by atoms with van der Waals surface area (Å²) in [5.41, 5.74) is 4.81. The smallest absolute Gasteiger partial charge is 0.0237 e. The second kappa shape index (κ2) is 4.63. The Balaban J connectivity index is 1.65. The number of hydrogen-bond donors (Lipinski definition) is 0. The Morgan fingerprint density at radius 2 is 1.76 bits per heavy atom. The van der Waals surface area contributed by atoms with E-state index in [9.17, 15) is 0 Å². The minimum absolute atomic E-state index is 1.10. The van der Waals surface area contributed by atoms with Crippen molar-refractivity contribution in [3.05, 3.63) is 47.0 Å². The molecule has 2 nitrogen and oxygen atoms in total. The van der Waals surface area contributed by atoms with Crippen molar-refractivity contribution in [2.45, 2.75) is 13.0 Å². The fraction of sp³-hybridized carbons (Fsp3) is 0.467. The molecule has 0 aliphatic carbocycles. The summed E-state index contributed by atoms with van der Waals surface area (Å²) >= 11 is 0. The van der Waals surface area contributed by atoms with Crippen LogP contribution in [-0.4, -0.2) is 43.0 Å². The van der Waals surface area contributed by atoms with Crippen molar-refractivity contribution in [2.24, 2.45) is 0 Å². The molecule has 2 aliphatic heterocycles. The van der Waals surface area contributed by atoms with Gasteiger partial charge in [-0.1, -0.05) is 35.9 Å². The van der Waals surface area contributed by atoms with E-state index in [0.29, 0.717) is 0 Å². The fourth-order valence-corrected chi connectivity index (χ4v) is 2.97. The average Bonchev–Trinajstić information content (AvgIpc) is 2.70. The second-order valence-corrected chi connectivity index (χ2v) is 5.33. The van der Waals surface area contributed by atoms with Gasteiger partial charge in [0.2, 0.25) is 0 Å². The lowest BCUT2D eigenvalue weighted by Crippen LogP contribution is -2.31. The van der Waals surface area contributed by atoms with Crippen LogP contribution >= 0.6 is 0 Å². The van der Waals surface area contributed by atoms with Gasteiger partial charge in [0.1, 0.15) is 0 Å². The van der Waals surface area contributed by atoms with E-state index in [4.69, 9.17) is 0 Å². The molecule has 90 valence electrons. The van der Waals surface area contributed by atoms with Crippen molar-refractivity contribution in [2.75, 3.05) is 33.2 Å². The molecule has 2 heteroatoms. The van der Waals surface area contributed by atoms with Gasteiger partial charge >= 0.3 is 0 Å². The first-order valence-electron chi connectivity index (χ1n) is 6.46. The fourth-order valence-electron chi connectivity index (χ4n) is 2.97. The van der Waals surface area contributed by atoms with Crippen molar-refractivity contribution in [3.8, 4) is 0 Å². The van der Waals surface area contributed by atoms with Crippen LogP contribution in [0.1, 0.15) is 12.0 Å². The normalized spacial score (nSPS) is 21.9. The van der Waals surface area contributed by atoms with E-state index < -0.39 is 0 Å². The monoisotopic (exact) mass is 228 g/mol. The Morgan fingerprint density at radius 3 is 2.59 bits per heavy atom. The Hall–Kier alpha value is -1.12. The highest BCUT2D eigenvalue weighted by Gasteiger charge is 2.24. The van der Waals surface area contributed by atoms with Crippen LogP contribution in [0.4, 0.5) is 0 Å². The van der Waals surface area contributed by atoms with Crippen LogP contribution in [0.15, 0.2) is 41.5 Å². The maximum absolute atomic E-state index is 2.58. The Bertz CT molecular complexity index is 422. The third-order valence-electron chi connectivity index (χ3n) is 3.81. The molecular weight excluding hydrogens is 208 g/mol. The third kappa shape index (κ3) is 2.43. The van der Waals surface area contributed by atoms with Crippen molar-refractivity contribution in [3.63, 3.8) is 0 Å². The van der Waals surface area contributed by atoms with Crippen LogP contribution in [0.25, 0.3) is 0 Å². The molecule has 0 saturated heterocycles. The highest BCUT2D eigenvalue weighted by molar-refractivity contribution is 5.27. The maximum Gasteiger partial charge on any atom is 0.0237 e. The van der Waals surface area contributed by atoms with Gasteiger partial charge in [-0.25, -0.2) is 0 Å². The van der Waals surface area contributed by atoms with Crippen LogP contribution in [0.2, 0.25) is 0 Å². The molecule has 0 bridgehead atoms. The lowest BCUT2D eigenvalue weighted by atomic mass is 10.0. The number of hydrogen-bond acceptors (Lipinski definition) is 2. The quantitative estimate of drug-likeness (QED) is 0.716.